The zero-order valence-electron chi connectivity index (χ0n) is 13.3. The van der Waals surface area contributed by atoms with E-state index in [9.17, 15) is 4.79 Å². The number of nitrogens with one attached hydrogen (secondary N) is 1. The van der Waals surface area contributed by atoms with Crippen LogP contribution in [0.1, 0.15) is 28.8 Å². The highest BCUT2D eigenvalue weighted by molar-refractivity contribution is 9.10. The van der Waals surface area contributed by atoms with Crippen LogP contribution in [0.15, 0.2) is 53.0 Å². The number of carbonyl (C=O) groups excluding carboxylic acids is 1. The molecule has 0 bridgehead atoms. The van der Waals surface area contributed by atoms with Gasteiger partial charge in [0.2, 0.25) is 0 Å². The highest BCUT2D eigenvalue weighted by Crippen LogP contribution is 2.20. The van der Waals surface area contributed by atoms with Crippen LogP contribution < -0.4 is 15.8 Å². The maximum absolute atomic E-state index is 12.3. The molecule has 0 aliphatic carbocycles. The molecular formula is C18H22BrClN2O2. The van der Waals surface area contributed by atoms with Crippen LogP contribution in [0.25, 0.3) is 0 Å². The maximum Gasteiger partial charge on any atom is 0.255 e. The van der Waals surface area contributed by atoms with Gasteiger partial charge in [-0.15, -0.1) is 12.4 Å². The van der Waals surface area contributed by atoms with Crippen molar-refractivity contribution in [2.45, 2.75) is 19.4 Å². The normalized spacial score (nSPS) is 9.92. The Balaban J connectivity index is 0.00000288. The molecule has 1 amide bonds. The zero-order chi connectivity index (χ0) is 16.5. The Labute approximate surface area is 157 Å². The van der Waals surface area contributed by atoms with Gasteiger partial charge in [-0.2, -0.15) is 0 Å². The van der Waals surface area contributed by atoms with Gasteiger partial charge in [0.05, 0.1) is 5.56 Å². The van der Waals surface area contributed by atoms with Crippen LogP contribution in [0.2, 0.25) is 0 Å². The van der Waals surface area contributed by atoms with Crippen LogP contribution in [0.3, 0.4) is 0 Å². The van der Waals surface area contributed by atoms with Crippen LogP contribution in [-0.2, 0) is 6.61 Å². The number of rotatable bonds is 8. The van der Waals surface area contributed by atoms with Crippen molar-refractivity contribution in [3.8, 4) is 5.75 Å². The number of benzene rings is 2. The minimum absolute atomic E-state index is 0. The van der Waals surface area contributed by atoms with Crippen molar-refractivity contribution < 1.29 is 9.53 Å². The number of amides is 1. The molecule has 3 N–H and O–H groups in total. The minimum Gasteiger partial charge on any atom is -0.488 e. The molecule has 0 spiro atoms. The lowest BCUT2D eigenvalue weighted by Gasteiger charge is -2.12. The first kappa shape index (κ1) is 20.5. The van der Waals surface area contributed by atoms with Crippen molar-refractivity contribution in [1.82, 2.24) is 5.32 Å². The Hall–Kier alpha value is -1.56. The van der Waals surface area contributed by atoms with Gasteiger partial charge in [0.25, 0.3) is 5.91 Å². The average Bonchev–Trinajstić information content (AvgIpc) is 2.58. The van der Waals surface area contributed by atoms with Crippen molar-refractivity contribution in [2.24, 2.45) is 5.73 Å². The largest absolute Gasteiger partial charge is 0.488 e. The third kappa shape index (κ3) is 6.51. The summed E-state index contributed by atoms with van der Waals surface area (Å²) in [7, 11) is 0. The number of hydrogen-bond donors (Lipinski definition) is 2. The van der Waals surface area contributed by atoms with Gasteiger partial charge in [-0.1, -0.05) is 40.2 Å². The molecule has 2 aromatic rings. The van der Waals surface area contributed by atoms with E-state index in [0.29, 0.717) is 31.0 Å². The summed E-state index contributed by atoms with van der Waals surface area (Å²) >= 11 is 3.41. The topological polar surface area (TPSA) is 64.3 Å². The Morgan fingerprint density at radius 2 is 1.79 bits per heavy atom. The van der Waals surface area contributed by atoms with E-state index in [2.05, 4.69) is 21.2 Å². The van der Waals surface area contributed by atoms with Gasteiger partial charge in [-0.25, -0.2) is 0 Å². The fourth-order valence-corrected chi connectivity index (χ4v) is 2.35. The van der Waals surface area contributed by atoms with Crippen LogP contribution in [0.5, 0.6) is 5.75 Å². The number of carbonyl (C=O) groups is 1. The molecule has 2 rings (SSSR count). The molecule has 0 aromatic heterocycles. The number of ether oxygens (including phenoxy) is 1. The fraction of sp³-hybridized carbons (Fsp3) is 0.278. The highest BCUT2D eigenvalue weighted by atomic mass is 79.9. The van der Waals surface area contributed by atoms with Gasteiger partial charge < -0.3 is 15.8 Å². The standard InChI is InChI=1S/C18H21BrN2O2.ClH/c19-15-9-7-14(8-10-15)13-23-17-6-2-1-5-16(17)18(22)21-12-4-3-11-20;/h1-2,5-10H,3-4,11-13,20H2,(H,21,22);1H. The second kappa shape index (κ2) is 11.1. The maximum atomic E-state index is 12.3. The Morgan fingerprint density at radius 3 is 2.50 bits per heavy atom. The minimum atomic E-state index is -0.117. The second-order valence-corrected chi connectivity index (χ2v) is 6.08. The van der Waals surface area contributed by atoms with Gasteiger partial charge in [0, 0.05) is 11.0 Å². The van der Waals surface area contributed by atoms with Gasteiger partial charge in [0.1, 0.15) is 12.4 Å². The smallest absolute Gasteiger partial charge is 0.255 e. The summed E-state index contributed by atoms with van der Waals surface area (Å²) in [4.78, 5) is 12.3. The molecule has 0 unspecified atom stereocenters. The Bertz CT molecular complexity index is 635. The molecule has 0 aliphatic heterocycles. The van der Waals surface area contributed by atoms with E-state index >= 15 is 0 Å². The van der Waals surface area contributed by atoms with Crippen molar-refractivity contribution in [1.29, 1.82) is 0 Å². The van der Waals surface area contributed by atoms with E-state index in [-0.39, 0.29) is 18.3 Å². The summed E-state index contributed by atoms with van der Waals surface area (Å²) in [5.41, 5.74) is 7.05. The third-order valence-corrected chi connectivity index (χ3v) is 3.88. The van der Waals surface area contributed by atoms with Crippen molar-refractivity contribution in [3.63, 3.8) is 0 Å². The summed E-state index contributed by atoms with van der Waals surface area (Å²) in [5, 5.41) is 2.90. The number of para-hydroxylation sites is 1. The fourth-order valence-electron chi connectivity index (χ4n) is 2.09. The number of hydrogen-bond acceptors (Lipinski definition) is 3. The average molecular weight is 414 g/mol. The quantitative estimate of drug-likeness (QED) is 0.645. The lowest BCUT2D eigenvalue weighted by atomic mass is 10.2. The first-order valence-electron chi connectivity index (χ1n) is 7.65. The van der Waals surface area contributed by atoms with E-state index in [4.69, 9.17) is 10.5 Å². The van der Waals surface area contributed by atoms with E-state index < -0.39 is 0 Å². The number of halogens is 2. The Morgan fingerprint density at radius 1 is 1.08 bits per heavy atom. The predicted octanol–water partition coefficient (Wildman–Crippen LogP) is 3.92. The number of nitrogens with two attached hydrogens (primary N) is 1. The van der Waals surface area contributed by atoms with Gasteiger partial charge in [-0.05, 0) is 49.2 Å². The molecule has 0 radical (unpaired) electrons. The highest BCUT2D eigenvalue weighted by Gasteiger charge is 2.11. The number of unbranched alkanes of at least 4 members (excludes halogenated alkanes) is 1. The van der Waals surface area contributed by atoms with Crippen LogP contribution >= 0.6 is 28.3 Å². The zero-order valence-corrected chi connectivity index (χ0v) is 15.7. The molecule has 2 aromatic carbocycles. The SMILES string of the molecule is Cl.NCCCCNC(=O)c1ccccc1OCc1ccc(Br)cc1. The van der Waals surface area contributed by atoms with E-state index in [1.807, 2.05) is 42.5 Å². The van der Waals surface area contributed by atoms with Gasteiger partial charge in [0.15, 0.2) is 0 Å². The van der Waals surface area contributed by atoms with Crippen molar-refractivity contribution >= 4 is 34.2 Å². The molecule has 0 saturated carbocycles. The lowest BCUT2D eigenvalue weighted by molar-refractivity contribution is 0.0948. The van der Waals surface area contributed by atoms with Crippen molar-refractivity contribution in [2.75, 3.05) is 13.1 Å². The second-order valence-electron chi connectivity index (χ2n) is 5.16. The molecular weight excluding hydrogens is 392 g/mol. The van der Waals surface area contributed by atoms with Crippen LogP contribution in [0, 0.1) is 0 Å². The van der Waals surface area contributed by atoms with E-state index in [0.717, 1.165) is 22.9 Å². The summed E-state index contributed by atoms with van der Waals surface area (Å²) < 4.78 is 6.84. The lowest BCUT2D eigenvalue weighted by Crippen LogP contribution is -2.25. The van der Waals surface area contributed by atoms with Crippen molar-refractivity contribution in [3.05, 3.63) is 64.1 Å². The summed E-state index contributed by atoms with van der Waals surface area (Å²) in [5.74, 6) is 0.472. The third-order valence-electron chi connectivity index (χ3n) is 3.36. The molecule has 24 heavy (non-hydrogen) atoms. The molecule has 4 nitrogen and oxygen atoms in total. The summed E-state index contributed by atoms with van der Waals surface area (Å²) in [6.45, 7) is 1.69. The van der Waals surface area contributed by atoms with Gasteiger partial charge >= 0.3 is 0 Å². The Kier molecular flexibility index (Phi) is 9.45. The summed E-state index contributed by atoms with van der Waals surface area (Å²) in [6.07, 6.45) is 1.78. The van der Waals surface area contributed by atoms with Crippen LogP contribution in [0.4, 0.5) is 0 Å². The molecule has 0 heterocycles. The van der Waals surface area contributed by atoms with E-state index in [1.165, 1.54) is 0 Å². The molecule has 0 fully saturated rings. The molecule has 0 aliphatic rings. The molecule has 6 heteroatoms. The molecule has 130 valence electrons. The summed E-state index contributed by atoms with van der Waals surface area (Å²) in [6, 6.07) is 15.2. The molecule has 0 saturated heterocycles. The molecule has 0 atom stereocenters. The van der Waals surface area contributed by atoms with Crippen LogP contribution in [-0.4, -0.2) is 19.0 Å². The monoisotopic (exact) mass is 412 g/mol. The predicted molar refractivity (Wildman–Crippen MR) is 103 cm³/mol. The van der Waals surface area contributed by atoms with E-state index in [1.54, 1.807) is 6.07 Å². The van der Waals surface area contributed by atoms with Gasteiger partial charge in [-0.3, -0.25) is 4.79 Å². The first-order valence-corrected chi connectivity index (χ1v) is 8.44. The first-order chi connectivity index (χ1) is 11.2.